The van der Waals surface area contributed by atoms with Crippen LogP contribution in [0.2, 0.25) is 0 Å². The van der Waals surface area contributed by atoms with Crippen LogP contribution in [0.3, 0.4) is 0 Å². The van der Waals surface area contributed by atoms with E-state index in [1.54, 1.807) is 17.7 Å². The second-order valence-corrected chi connectivity index (χ2v) is 0. The Hall–Kier alpha value is 3.35. The molecule has 0 rings (SSSR count). The van der Waals surface area contributed by atoms with Gasteiger partial charge < -0.3 is 0 Å². The Balaban J connectivity index is -0.000000000833. The van der Waals surface area contributed by atoms with E-state index < -0.39 is 0 Å². The van der Waals surface area contributed by atoms with Crippen molar-refractivity contribution >= 4 is 17.4 Å². The van der Waals surface area contributed by atoms with Crippen LogP contribution < -0.4 is 0 Å². The van der Waals surface area contributed by atoms with Gasteiger partial charge in [-0.05, 0) is 0 Å². The van der Waals surface area contributed by atoms with Crippen molar-refractivity contribution in [3.63, 3.8) is 0 Å². The molecule has 1 radical (unpaired) electrons. The standard InChI is InChI=1S/Al.Cr.Fe.Mo.Ni.V.3H. The summed E-state index contributed by atoms with van der Waals surface area (Å²) in [5.74, 6) is 0. The summed E-state index contributed by atoms with van der Waals surface area (Å²) in [6, 6.07) is 0. The maximum atomic E-state index is 3.26. The minimum Gasteiger partial charge on any atom is 0 e. The number of hydrogen-bond donors (Lipinski definition) is 0. The van der Waals surface area contributed by atoms with Crippen LogP contribution in [0.4, 0.5) is 0 Å². The molecule has 0 fully saturated rings. The van der Waals surface area contributed by atoms with E-state index in [4.69, 9.17) is 0 Å². The van der Waals surface area contributed by atoms with Crippen molar-refractivity contribution in [3.05, 3.63) is 0 Å². The van der Waals surface area contributed by atoms with E-state index in [0.29, 0.717) is 0 Å². The SMILES string of the molecule is [AlH3].[Cr].[Fe][Mo].[Ni].[V]. The molecule has 0 aliphatic rings. The monoisotopic (exact) mass is 345 g/mol. The summed E-state index contributed by atoms with van der Waals surface area (Å²) in [5, 5.41) is 0. The Bertz CT molecular complexity index is 15.5. The summed E-state index contributed by atoms with van der Waals surface area (Å²) in [5.41, 5.74) is 0. The zero-order chi connectivity index (χ0) is 2.00. The molecule has 0 heterocycles. The van der Waals surface area contributed by atoms with Crippen LogP contribution in [-0.4, -0.2) is 17.4 Å². The molecular weight excluding hydrogens is 340 g/mol. The van der Waals surface area contributed by atoms with E-state index in [2.05, 4.69) is 13.4 Å². The van der Waals surface area contributed by atoms with Gasteiger partial charge in [-0.2, -0.15) is 0 Å². The summed E-state index contributed by atoms with van der Waals surface area (Å²) in [4.78, 5) is 0. The van der Waals surface area contributed by atoms with Crippen LogP contribution >= 0.6 is 0 Å². The topological polar surface area (TPSA) is 0 Å². The van der Waals surface area contributed by atoms with Crippen LogP contribution in [0.25, 0.3) is 0 Å². The van der Waals surface area contributed by atoms with E-state index in [-0.39, 0.29) is 69.8 Å². The molecule has 6 heteroatoms. The summed E-state index contributed by atoms with van der Waals surface area (Å²) in [6.07, 6.45) is 0. The minimum absolute atomic E-state index is 0. The molecule has 0 aliphatic carbocycles. The first-order chi connectivity index (χ1) is 1.00. The fourth-order valence-electron chi connectivity index (χ4n) is 0. The van der Waals surface area contributed by atoms with Gasteiger partial charge in [-0.15, -0.1) is 0 Å². The van der Waals surface area contributed by atoms with Crippen molar-refractivity contribution in [2.75, 3.05) is 0 Å². The molecule has 0 atom stereocenters. The Morgan fingerprint density at radius 1 is 1.17 bits per heavy atom. The molecule has 0 nitrogen and oxygen atoms in total. The molecule has 0 unspecified atom stereocenters. The maximum Gasteiger partial charge on any atom is 0 e. The van der Waals surface area contributed by atoms with Gasteiger partial charge in [-0.1, -0.05) is 0 Å². The summed E-state index contributed by atoms with van der Waals surface area (Å²) >= 11 is 4.96. The van der Waals surface area contributed by atoms with Gasteiger partial charge in [0.25, 0.3) is 0 Å². The molecule has 0 amide bonds. The normalized spacial score (nSPS) is 0.833. The first kappa shape index (κ1) is 34.4. The van der Waals surface area contributed by atoms with Gasteiger partial charge >= 0.3 is 31.1 Å². The molecule has 6 heavy (non-hydrogen) atoms. The molecule has 0 aromatic rings. The predicted octanol–water partition coefficient (Wildman–Crippen LogP) is -1.20. The van der Waals surface area contributed by atoms with Gasteiger partial charge in [0.2, 0.25) is 0 Å². The number of rotatable bonds is 0. The first-order valence-corrected chi connectivity index (χ1v) is 3.52. The van der Waals surface area contributed by atoms with Crippen molar-refractivity contribution in [1.29, 1.82) is 0 Å². The third-order valence-electron chi connectivity index (χ3n) is 0. The molecule has 0 spiro atoms. The van der Waals surface area contributed by atoms with Crippen LogP contribution in [0, 0.1) is 0 Å². The zero-order valence-corrected chi connectivity index (χ0v) is 8.70. The van der Waals surface area contributed by atoms with Gasteiger partial charge in [0.05, 0.1) is 0 Å². The molecule has 0 aliphatic heterocycles. The molecular formula is H3AlCrFeMoNiV. The van der Waals surface area contributed by atoms with Crippen LogP contribution in [0.15, 0.2) is 0 Å². The van der Waals surface area contributed by atoms with Gasteiger partial charge in [0, 0.05) is 52.4 Å². The minimum atomic E-state index is 0. The summed E-state index contributed by atoms with van der Waals surface area (Å²) < 4.78 is 0. The smallest absolute Gasteiger partial charge is 0 e. The summed E-state index contributed by atoms with van der Waals surface area (Å²) in [7, 11) is 0. The van der Waals surface area contributed by atoms with Crippen LogP contribution in [-0.2, 0) is 83.5 Å². The average molecular weight is 343 g/mol. The van der Waals surface area contributed by atoms with Crippen LogP contribution in [0.5, 0.6) is 0 Å². The van der Waals surface area contributed by atoms with Gasteiger partial charge in [-0.3, -0.25) is 0 Å². The molecule has 0 N–H and O–H groups in total. The zero-order valence-electron chi connectivity index (χ0n) is 1.93. The second kappa shape index (κ2) is 40.2. The van der Waals surface area contributed by atoms with E-state index in [0.717, 1.165) is 0 Å². The van der Waals surface area contributed by atoms with Crippen molar-refractivity contribution in [3.8, 4) is 0 Å². The largest absolute Gasteiger partial charge is 0 e. The van der Waals surface area contributed by atoms with Crippen LogP contribution in [0.1, 0.15) is 0 Å². The Morgan fingerprint density at radius 2 is 1.17 bits per heavy atom. The summed E-state index contributed by atoms with van der Waals surface area (Å²) in [6.45, 7) is 0. The van der Waals surface area contributed by atoms with E-state index in [1.807, 2.05) is 0 Å². The second-order valence-electron chi connectivity index (χ2n) is 0. The van der Waals surface area contributed by atoms with Gasteiger partial charge in [0.15, 0.2) is 17.4 Å². The van der Waals surface area contributed by atoms with Crippen molar-refractivity contribution in [1.82, 2.24) is 0 Å². The quantitative estimate of drug-likeness (QED) is 0.485. The first-order valence-electron chi connectivity index (χ1n) is 0.144. The molecule has 0 aromatic heterocycles. The van der Waals surface area contributed by atoms with E-state index in [1.165, 1.54) is 0 Å². The molecule has 0 aromatic carbocycles. The van der Waals surface area contributed by atoms with Crippen molar-refractivity contribution < 1.29 is 83.5 Å². The number of hydrogen-bond acceptors (Lipinski definition) is 0. The molecule has 0 saturated carbocycles. The van der Waals surface area contributed by atoms with Crippen molar-refractivity contribution in [2.45, 2.75) is 0 Å². The van der Waals surface area contributed by atoms with E-state index >= 15 is 0 Å². The Morgan fingerprint density at radius 3 is 1.17 bits per heavy atom. The fourth-order valence-corrected chi connectivity index (χ4v) is 0. The van der Waals surface area contributed by atoms with Gasteiger partial charge in [-0.25, -0.2) is 0 Å². The molecule has 0 saturated heterocycles. The third kappa shape index (κ3) is 26.4. The maximum absolute atomic E-state index is 3.26. The molecule has 0 bridgehead atoms. The van der Waals surface area contributed by atoms with E-state index in [9.17, 15) is 0 Å². The average Bonchev–Trinajstić information content (AvgIpc) is 1.00. The fraction of sp³-hybridized carbons (Fsp3) is 0. The van der Waals surface area contributed by atoms with Crippen molar-refractivity contribution in [2.24, 2.45) is 0 Å². The Labute approximate surface area is 99.1 Å². The van der Waals surface area contributed by atoms with Gasteiger partial charge in [0.1, 0.15) is 0 Å². The third-order valence-corrected chi connectivity index (χ3v) is 0. The Kier molecular flexibility index (Phi) is 231. The molecule has 41 valence electrons. The predicted molar refractivity (Wildman–Crippen MR) is 9.94 cm³/mol.